The van der Waals surface area contributed by atoms with Gasteiger partial charge in [-0.05, 0) is 18.8 Å². The van der Waals surface area contributed by atoms with Gasteiger partial charge in [0.25, 0.3) is 0 Å². The highest BCUT2D eigenvalue weighted by Gasteiger charge is 2.46. The van der Waals surface area contributed by atoms with E-state index in [1.54, 1.807) is 4.90 Å². The van der Waals surface area contributed by atoms with E-state index in [1.165, 1.54) is 37.0 Å². The van der Waals surface area contributed by atoms with Crippen LogP contribution in [0.2, 0.25) is 0 Å². The molecule has 3 saturated heterocycles. The number of piperazine rings is 2. The van der Waals surface area contributed by atoms with Crippen LogP contribution in [0, 0.1) is 17.4 Å². The van der Waals surface area contributed by atoms with Gasteiger partial charge in [-0.15, -0.1) is 11.8 Å². The van der Waals surface area contributed by atoms with Crippen molar-refractivity contribution in [3.63, 3.8) is 0 Å². The quantitative estimate of drug-likeness (QED) is 0.715. The van der Waals surface area contributed by atoms with Crippen molar-refractivity contribution < 1.29 is 9.59 Å². The largest absolute Gasteiger partial charge is 0.325 e. The van der Waals surface area contributed by atoms with E-state index in [9.17, 15) is 9.59 Å². The minimum atomic E-state index is -0.509. The van der Waals surface area contributed by atoms with Gasteiger partial charge in [0.15, 0.2) is 6.19 Å². The lowest BCUT2D eigenvalue weighted by molar-refractivity contribution is -0.157. The van der Waals surface area contributed by atoms with Crippen LogP contribution in [-0.2, 0) is 9.59 Å². The van der Waals surface area contributed by atoms with Gasteiger partial charge in [0.05, 0.1) is 6.54 Å². The molecule has 8 heteroatoms. The molecule has 0 bridgehead atoms. The maximum Gasteiger partial charge on any atom is 0.249 e. The number of nitrogens with one attached hydrogen (secondary N) is 1. The Labute approximate surface area is 152 Å². The lowest BCUT2D eigenvalue weighted by atomic mass is 9.87. The summed E-state index contributed by atoms with van der Waals surface area (Å²) < 4.78 is 0. The maximum atomic E-state index is 13.0. The molecule has 3 atom stereocenters. The Morgan fingerprint density at radius 3 is 2.64 bits per heavy atom. The summed E-state index contributed by atoms with van der Waals surface area (Å²) >= 11 is 1.89. The average Bonchev–Trinajstić information content (AvgIpc) is 3.13. The van der Waals surface area contributed by atoms with Crippen molar-refractivity contribution in [2.45, 2.75) is 48.9 Å². The van der Waals surface area contributed by atoms with Gasteiger partial charge in [-0.25, -0.2) is 0 Å². The molecule has 7 nitrogen and oxygen atoms in total. The van der Waals surface area contributed by atoms with E-state index in [1.807, 2.05) is 22.9 Å². The zero-order chi connectivity index (χ0) is 17.4. The number of nitrogens with zero attached hydrogens (tertiary/aromatic N) is 4. The van der Waals surface area contributed by atoms with Gasteiger partial charge < -0.3 is 9.80 Å². The van der Waals surface area contributed by atoms with Crippen LogP contribution in [0.5, 0.6) is 0 Å². The molecule has 1 N–H and O–H groups in total. The molecule has 4 rings (SSSR count). The van der Waals surface area contributed by atoms with Crippen molar-refractivity contribution in [2.24, 2.45) is 5.92 Å². The van der Waals surface area contributed by atoms with Crippen LogP contribution in [0.15, 0.2) is 0 Å². The molecule has 136 valence electrons. The number of hydrogen-bond donors (Lipinski definition) is 1. The molecule has 25 heavy (non-hydrogen) atoms. The molecule has 0 aromatic carbocycles. The predicted molar refractivity (Wildman–Crippen MR) is 94.1 cm³/mol. The normalized spacial score (nSPS) is 34.2. The number of nitriles is 1. The summed E-state index contributed by atoms with van der Waals surface area (Å²) in [6, 6.07) is -0.509. The first-order valence-corrected chi connectivity index (χ1v) is 10.2. The van der Waals surface area contributed by atoms with Crippen LogP contribution >= 0.6 is 11.8 Å². The number of carbonyl (C=O) groups excluding carboxylic acids is 2. The Kier molecular flexibility index (Phi) is 4.78. The first-order chi connectivity index (χ1) is 12.2. The van der Waals surface area contributed by atoms with E-state index in [0.717, 1.165) is 12.5 Å². The second-order valence-corrected chi connectivity index (χ2v) is 8.77. The molecule has 0 spiro atoms. The van der Waals surface area contributed by atoms with Crippen LogP contribution in [0.3, 0.4) is 0 Å². The zero-order valence-electron chi connectivity index (χ0n) is 14.4. The van der Waals surface area contributed by atoms with Gasteiger partial charge in [0.1, 0.15) is 18.1 Å². The van der Waals surface area contributed by atoms with Gasteiger partial charge in [-0.1, -0.05) is 19.3 Å². The fraction of sp³-hybridized carbons (Fsp3) is 0.824. The molecule has 0 radical (unpaired) electrons. The molecule has 4 aliphatic rings. The smallest absolute Gasteiger partial charge is 0.249 e. The van der Waals surface area contributed by atoms with E-state index in [2.05, 4.69) is 5.32 Å². The minimum Gasteiger partial charge on any atom is -0.325 e. The summed E-state index contributed by atoms with van der Waals surface area (Å²) in [7, 11) is 0. The highest BCUT2D eigenvalue weighted by molar-refractivity contribution is 8.00. The molecule has 1 aliphatic carbocycles. The number of rotatable bonds is 2. The standard InChI is InChI=1S/C17H25N5O2S/c18-11-20-9-13-16(24)22(7-6-21(13)15(23)10-20)17-19-8-14(25-17)12-4-2-1-3-5-12/h12-14,17,19H,1-10H2/t13-,14?,17?/m1/s1. The van der Waals surface area contributed by atoms with Gasteiger partial charge in [-0.2, -0.15) is 5.26 Å². The van der Waals surface area contributed by atoms with Crippen molar-refractivity contribution >= 4 is 23.6 Å². The van der Waals surface area contributed by atoms with Gasteiger partial charge >= 0.3 is 0 Å². The Morgan fingerprint density at radius 2 is 1.88 bits per heavy atom. The topological polar surface area (TPSA) is 79.7 Å². The van der Waals surface area contributed by atoms with Crippen LogP contribution in [0.4, 0.5) is 0 Å². The van der Waals surface area contributed by atoms with Gasteiger partial charge in [0, 0.05) is 24.9 Å². The first-order valence-electron chi connectivity index (χ1n) is 9.31. The van der Waals surface area contributed by atoms with Crippen LogP contribution in [0.25, 0.3) is 0 Å². The Hall–Kier alpha value is -1.46. The molecule has 0 aromatic heterocycles. The molecular formula is C17H25N5O2S. The van der Waals surface area contributed by atoms with Crippen LogP contribution < -0.4 is 5.32 Å². The zero-order valence-corrected chi connectivity index (χ0v) is 15.2. The van der Waals surface area contributed by atoms with Crippen molar-refractivity contribution in [1.29, 1.82) is 5.26 Å². The fourth-order valence-corrected chi connectivity index (χ4v) is 6.13. The molecule has 1 saturated carbocycles. The van der Waals surface area contributed by atoms with E-state index < -0.39 is 6.04 Å². The van der Waals surface area contributed by atoms with Crippen molar-refractivity contribution in [2.75, 3.05) is 32.7 Å². The fourth-order valence-electron chi connectivity index (χ4n) is 4.56. The van der Waals surface area contributed by atoms with Crippen LogP contribution in [0.1, 0.15) is 32.1 Å². The summed E-state index contributed by atoms with van der Waals surface area (Å²) in [5.74, 6) is 0.629. The average molecular weight is 363 g/mol. The second-order valence-electron chi connectivity index (χ2n) is 7.45. The Bertz CT molecular complexity index is 588. The summed E-state index contributed by atoms with van der Waals surface area (Å²) in [5, 5.41) is 13.2. The van der Waals surface area contributed by atoms with Crippen molar-refractivity contribution in [1.82, 2.24) is 20.0 Å². The molecule has 3 aliphatic heterocycles. The number of amides is 2. The van der Waals surface area contributed by atoms with Crippen LogP contribution in [-0.4, -0.2) is 76.0 Å². The summed E-state index contributed by atoms with van der Waals surface area (Å²) in [6.45, 7) is 2.53. The summed E-state index contributed by atoms with van der Waals surface area (Å²) in [6.07, 6.45) is 8.65. The summed E-state index contributed by atoms with van der Waals surface area (Å²) in [4.78, 5) is 30.1. The van der Waals surface area contributed by atoms with E-state index >= 15 is 0 Å². The highest BCUT2D eigenvalue weighted by Crippen LogP contribution is 2.38. The van der Waals surface area contributed by atoms with Crippen molar-refractivity contribution in [3.8, 4) is 6.19 Å². The maximum absolute atomic E-state index is 13.0. The van der Waals surface area contributed by atoms with Gasteiger partial charge in [-0.3, -0.25) is 19.8 Å². The lowest BCUT2D eigenvalue weighted by Crippen LogP contribution is -2.67. The number of carbonyl (C=O) groups is 2. The lowest BCUT2D eigenvalue weighted by Gasteiger charge is -2.46. The highest BCUT2D eigenvalue weighted by atomic mass is 32.2. The van der Waals surface area contributed by atoms with Crippen molar-refractivity contribution in [3.05, 3.63) is 0 Å². The van der Waals surface area contributed by atoms with E-state index in [0.29, 0.717) is 24.9 Å². The molecule has 0 aromatic rings. The molecule has 4 fully saturated rings. The minimum absolute atomic E-state index is 0.00846. The summed E-state index contributed by atoms with van der Waals surface area (Å²) in [5.41, 5.74) is 0.00846. The molecule has 3 heterocycles. The SMILES string of the molecule is N#CN1CC(=O)N2CCN(C3NCC(C4CCCCC4)S3)C(=O)[C@H]2C1. The van der Waals surface area contributed by atoms with E-state index in [4.69, 9.17) is 5.26 Å². The van der Waals surface area contributed by atoms with Gasteiger partial charge in [0.2, 0.25) is 11.8 Å². The molecule has 2 unspecified atom stereocenters. The van der Waals surface area contributed by atoms with E-state index in [-0.39, 0.29) is 23.9 Å². The second kappa shape index (κ2) is 7.04. The third-order valence-electron chi connectivity index (χ3n) is 5.96. The third-order valence-corrected chi connectivity index (χ3v) is 7.54. The monoisotopic (exact) mass is 363 g/mol. The number of fused-ring (bicyclic) bond motifs is 1. The first kappa shape index (κ1) is 17.0. The molecular weight excluding hydrogens is 338 g/mol. The Balaban J connectivity index is 1.41. The predicted octanol–water partition coefficient (Wildman–Crippen LogP) is 0.391. The number of thioether (sulfide) groups is 1. The number of hydrogen-bond acceptors (Lipinski definition) is 6. The third kappa shape index (κ3) is 3.20. The molecule has 2 amide bonds. The Morgan fingerprint density at radius 1 is 1.12 bits per heavy atom.